The molecule has 0 aromatic heterocycles. The smallest absolute Gasteiger partial charge is 0.246 e. The summed E-state index contributed by atoms with van der Waals surface area (Å²) in [5.41, 5.74) is 5.77. The van der Waals surface area contributed by atoms with Crippen molar-refractivity contribution in [2.75, 3.05) is 26.3 Å². The Kier molecular flexibility index (Phi) is 7.28. The average molecular weight is 256 g/mol. The lowest BCUT2D eigenvalue weighted by molar-refractivity contribution is -0.126. The van der Waals surface area contributed by atoms with Crippen LogP contribution in [0.5, 0.6) is 0 Å². The van der Waals surface area contributed by atoms with Gasteiger partial charge in [-0.05, 0) is 37.1 Å². The molecule has 1 amide bonds. The van der Waals surface area contributed by atoms with Gasteiger partial charge in [-0.15, -0.1) is 0 Å². The molecule has 1 saturated carbocycles. The maximum atomic E-state index is 11.5. The second kappa shape index (κ2) is 8.48. The Morgan fingerprint density at radius 3 is 2.61 bits per heavy atom. The first-order chi connectivity index (χ1) is 8.63. The van der Waals surface area contributed by atoms with E-state index in [0.29, 0.717) is 24.4 Å². The van der Waals surface area contributed by atoms with Crippen LogP contribution in [0.15, 0.2) is 0 Å². The standard InChI is InChI=1S/C14H28N2O2/c1-11(2)8-16-14(17)10-18-9-13-6-4-3-5-12(13)7-15/h11-13H,3-10,15H2,1-2H3,(H,16,17). The second-order valence-electron chi connectivity index (χ2n) is 5.75. The molecule has 0 heterocycles. The maximum absolute atomic E-state index is 11.5. The lowest BCUT2D eigenvalue weighted by Crippen LogP contribution is -2.33. The number of carbonyl (C=O) groups is 1. The van der Waals surface area contributed by atoms with Gasteiger partial charge in [-0.1, -0.05) is 26.7 Å². The van der Waals surface area contributed by atoms with E-state index in [4.69, 9.17) is 10.5 Å². The van der Waals surface area contributed by atoms with Crippen molar-refractivity contribution in [1.82, 2.24) is 5.32 Å². The second-order valence-corrected chi connectivity index (χ2v) is 5.75. The van der Waals surface area contributed by atoms with E-state index in [1.165, 1.54) is 25.7 Å². The molecular weight excluding hydrogens is 228 g/mol. The highest BCUT2D eigenvalue weighted by atomic mass is 16.5. The Morgan fingerprint density at radius 1 is 1.33 bits per heavy atom. The predicted molar refractivity (Wildman–Crippen MR) is 73.2 cm³/mol. The first-order valence-corrected chi connectivity index (χ1v) is 7.18. The number of ether oxygens (including phenoxy) is 1. The molecule has 0 aromatic carbocycles. The molecule has 1 rings (SSSR count). The first-order valence-electron chi connectivity index (χ1n) is 7.18. The van der Waals surface area contributed by atoms with E-state index in [9.17, 15) is 4.79 Å². The Labute approximate surface area is 111 Å². The van der Waals surface area contributed by atoms with Crippen LogP contribution in [0, 0.1) is 17.8 Å². The Balaban J connectivity index is 2.14. The third kappa shape index (κ3) is 5.83. The van der Waals surface area contributed by atoms with Crippen molar-refractivity contribution >= 4 is 5.91 Å². The molecule has 18 heavy (non-hydrogen) atoms. The SMILES string of the molecule is CC(C)CNC(=O)COCC1CCCCC1CN. The van der Waals surface area contributed by atoms with Crippen molar-refractivity contribution in [3.8, 4) is 0 Å². The normalized spacial score (nSPS) is 24.2. The van der Waals surface area contributed by atoms with Gasteiger partial charge in [0, 0.05) is 6.54 Å². The Hall–Kier alpha value is -0.610. The van der Waals surface area contributed by atoms with Crippen LogP contribution in [0.2, 0.25) is 0 Å². The van der Waals surface area contributed by atoms with Crippen LogP contribution in [0.3, 0.4) is 0 Å². The summed E-state index contributed by atoms with van der Waals surface area (Å²) >= 11 is 0. The molecule has 0 spiro atoms. The van der Waals surface area contributed by atoms with Gasteiger partial charge in [-0.2, -0.15) is 0 Å². The Bertz CT molecular complexity index is 244. The van der Waals surface area contributed by atoms with Crippen LogP contribution in [-0.4, -0.2) is 32.2 Å². The fourth-order valence-electron chi connectivity index (χ4n) is 2.49. The monoisotopic (exact) mass is 256 g/mol. The van der Waals surface area contributed by atoms with Crippen LogP contribution in [-0.2, 0) is 9.53 Å². The van der Waals surface area contributed by atoms with Crippen molar-refractivity contribution in [3.63, 3.8) is 0 Å². The van der Waals surface area contributed by atoms with Gasteiger partial charge >= 0.3 is 0 Å². The number of hydrogen-bond acceptors (Lipinski definition) is 3. The lowest BCUT2D eigenvalue weighted by atomic mass is 9.80. The van der Waals surface area contributed by atoms with E-state index in [2.05, 4.69) is 19.2 Å². The molecular formula is C14H28N2O2. The predicted octanol–water partition coefficient (Wildman–Crippen LogP) is 1.54. The molecule has 2 unspecified atom stereocenters. The van der Waals surface area contributed by atoms with Crippen molar-refractivity contribution in [3.05, 3.63) is 0 Å². The summed E-state index contributed by atoms with van der Waals surface area (Å²) in [6.07, 6.45) is 4.96. The number of carbonyl (C=O) groups excluding carboxylic acids is 1. The number of hydrogen-bond donors (Lipinski definition) is 2. The van der Waals surface area contributed by atoms with E-state index in [0.717, 1.165) is 13.1 Å². The summed E-state index contributed by atoms with van der Waals surface area (Å²) in [6, 6.07) is 0. The fraction of sp³-hybridized carbons (Fsp3) is 0.929. The molecule has 0 saturated heterocycles. The van der Waals surface area contributed by atoms with Gasteiger partial charge in [0.15, 0.2) is 0 Å². The van der Waals surface area contributed by atoms with Crippen LogP contribution in [0.25, 0.3) is 0 Å². The number of amides is 1. The summed E-state index contributed by atoms with van der Waals surface area (Å²) in [7, 11) is 0. The summed E-state index contributed by atoms with van der Waals surface area (Å²) < 4.78 is 5.53. The molecule has 4 nitrogen and oxygen atoms in total. The average Bonchev–Trinajstić information content (AvgIpc) is 2.37. The number of nitrogens with one attached hydrogen (secondary N) is 1. The van der Waals surface area contributed by atoms with Crippen molar-refractivity contribution < 1.29 is 9.53 Å². The van der Waals surface area contributed by atoms with E-state index < -0.39 is 0 Å². The lowest BCUT2D eigenvalue weighted by Gasteiger charge is -2.30. The molecule has 0 radical (unpaired) electrons. The molecule has 106 valence electrons. The highest BCUT2D eigenvalue weighted by molar-refractivity contribution is 5.77. The maximum Gasteiger partial charge on any atom is 0.246 e. The van der Waals surface area contributed by atoms with Crippen LogP contribution in [0.1, 0.15) is 39.5 Å². The van der Waals surface area contributed by atoms with Crippen LogP contribution >= 0.6 is 0 Å². The molecule has 4 heteroatoms. The minimum absolute atomic E-state index is 0.0104. The van der Waals surface area contributed by atoms with Gasteiger partial charge in [0.25, 0.3) is 0 Å². The van der Waals surface area contributed by atoms with Crippen molar-refractivity contribution in [2.45, 2.75) is 39.5 Å². The molecule has 1 aliphatic rings. The molecule has 3 N–H and O–H groups in total. The minimum atomic E-state index is -0.0104. The van der Waals surface area contributed by atoms with Gasteiger partial charge in [0.05, 0.1) is 6.61 Å². The summed E-state index contributed by atoms with van der Waals surface area (Å²) in [6.45, 7) is 6.48. The van der Waals surface area contributed by atoms with Gasteiger partial charge in [-0.25, -0.2) is 0 Å². The van der Waals surface area contributed by atoms with Gasteiger partial charge in [0.1, 0.15) is 6.61 Å². The van der Waals surface area contributed by atoms with E-state index in [1.54, 1.807) is 0 Å². The molecule has 1 aliphatic carbocycles. The molecule has 0 aromatic rings. The topological polar surface area (TPSA) is 64.3 Å². The van der Waals surface area contributed by atoms with E-state index in [-0.39, 0.29) is 12.5 Å². The van der Waals surface area contributed by atoms with Crippen molar-refractivity contribution in [1.29, 1.82) is 0 Å². The zero-order chi connectivity index (χ0) is 13.4. The fourth-order valence-corrected chi connectivity index (χ4v) is 2.49. The van der Waals surface area contributed by atoms with E-state index >= 15 is 0 Å². The zero-order valence-corrected chi connectivity index (χ0v) is 11.8. The largest absolute Gasteiger partial charge is 0.371 e. The van der Waals surface area contributed by atoms with Gasteiger partial charge in [-0.3, -0.25) is 4.79 Å². The third-order valence-corrected chi connectivity index (χ3v) is 3.64. The molecule has 0 bridgehead atoms. The minimum Gasteiger partial charge on any atom is -0.371 e. The zero-order valence-electron chi connectivity index (χ0n) is 11.8. The van der Waals surface area contributed by atoms with E-state index in [1.807, 2.05) is 0 Å². The Morgan fingerprint density at radius 2 is 2.00 bits per heavy atom. The summed E-state index contributed by atoms with van der Waals surface area (Å²) in [5.74, 6) is 1.59. The van der Waals surface area contributed by atoms with Crippen LogP contribution < -0.4 is 11.1 Å². The quantitative estimate of drug-likeness (QED) is 0.726. The van der Waals surface area contributed by atoms with Crippen LogP contribution in [0.4, 0.5) is 0 Å². The summed E-state index contributed by atoms with van der Waals surface area (Å²) in [4.78, 5) is 11.5. The number of rotatable bonds is 7. The molecule has 0 aliphatic heterocycles. The highest BCUT2D eigenvalue weighted by Gasteiger charge is 2.24. The molecule has 2 atom stereocenters. The van der Waals surface area contributed by atoms with Gasteiger partial charge in [0.2, 0.25) is 5.91 Å². The summed E-state index contributed by atoms with van der Waals surface area (Å²) in [5, 5.41) is 2.86. The third-order valence-electron chi connectivity index (χ3n) is 3.64. The van der Waals surface area contributed by atoms with Gasteiger partial charge < -0.3 is 15.8 Å². The number of nitrogens with two attached hydrogens (primary N) is 1. The first kappa shape index (κ1) is 15.4. The molecule has 1 fully saturated rings. The highest BCUT2D eigenvalue weighted by Crippen LogP contribution is 2.29. The van der Waals surface area contributed by atoms with Crippen molar-refractivity contribution in [2.24, 2.45) is 23.5 Å².